The molecule has 0 aromatic heterocycles. The minimum absolute atomic E-state index is 0.0868. The van der Waals surface area contributed by atoms with Crippen molar-refractivity contribution in [3.05, 3.63) is 60.7 Å². The number of ether oxygens (including phenoxy) is 6. The van der Waals surface area contributed by atoms with E-state index in [1.54, 1.807) is 12.1 Å². The Morgan fingerprint density at radius 1 is 0.919 bits per heavy atom. The van der Waals surface area contributed by atoms with Gasteiger partial charge in [-0.3, -0.25) is 24.1 Å². The molecule has 198 valence electrons. The van der Waals surface area contributed by atoms with E-state index in [1.165, 1.54) is 24.3 Å². The normalized spacial score (nSPS) is 24.6. The monoisotopic (exact) mass is 517 g/mol. The molecule has 2 aliphatic heterocycles. The quantitative estimate of drug-likeness (QED) is 0.194. The Morgan fingerprint density at radius 2 is 1.54 bits per heavy atom. The average Bonchev–Trinajstić information content (AvgIpc) is 3.11. The number of nitrogens with zero attached hydrogens (tertiary/aromatic N) is 1. The van der Waals surface area contributed by atoms with Gasteiger partial charge in [-0.1, -0.05) is 30.9 Å². The second kappa shape index (κ2) is 12.3. The maximum atomic E-state index is 13.4. The Kier molecular flexibility index (Phi) is 9.15. The molecule has 1 fully saturated rings. The number of carbonyl (C=O) groups is 5. The van der Waals surface area contributed by atoms with Crippen LogP contribution in [0.4, 0.5) is 4.79 Å². The van der Waals surface area contributed by atoms with Crippen molar-refractivity contribution in [2.45, 2.75) is 44.5 Å². The average molecular weight is 517 g/mol. The molecule has 0 unspecified atom stereocenters. The van der Waals surface area contributed by atoms with Gasteiger partial charge in [-0.05, 0) is 12.1 Å². The molecule has 0 aliphatic carbocycles. The highest BCUT2D eigenvalue weighted by Crippen LogP contribution is 2.35. The van der Waals surface area contributed by atoms with Crippen molar-refractivity contribution in [1.29, 1.82) is 0 Å². The Morgan fingerprint density at radius 3 is 2.08 bits per heavy atom. The van der Waals surface area contributed by atoms with Crippen LogP contribution in [0, 0.1) is 0 Å². The minimum Gasteiger partial charge on any atom is -0.463 e. The van der Waals surface area contributed by atoms with E-state index in [0.717, 1.165) is 18.7 Å². The number of benzene rings is 1. The summed E-state index contributed by atoms with van der Waals surface area (Å²) < 4.78 is 32.6. The molecule has 2 amide bonds. The number of rotatable bonds is 10. The lowest BCUT2D eigenvalue weighted by Crippen LogP contribution is -2.67. The summed E-state index contributed by atoms with van der Waals surface area (Å²) in [5.74, 6) is -2.84. The van der Waals surface area contributed by atoms with Crippen molar-refractivity contribution in [3.8, 4) is 0 Å². The van der Waals surface area contributed by atoms with E-state index < -0.39 is 67.2 Å². The van der Waals surface area contributed by atoms with E-state index in [1.807, 2.05) is 0 Å². The zero-order valence-corrected chi connectivity index (χ0v) is 20.3. The molecular formula is C25H27NO11. The van der Waals surface area contributed by atoms with Crippen molar-refractivity contribution < 1.29 is 52.4 Å². The van der Waals surface area contributed by atoms with Crippen LogP contribution in [0.1, 0.15) is 34.6 Å². The van der Waals surface area contributed by atoms with Gasteiger partial charge in [0.1, 0.15) is 25.4 Å². The molecule has 0 spiro atoms. The first-order valence-electron chi connectivity index (χ1n) is 11.3. The molecule has 1 saturated heterocycles. The molecule has 12 heteroatoms. The smallest absolute Gasteiger partial charge is 0.463 e. The SMILES string of the molecule is C=CCOC(=O)O[C@H]1[C@H](OC(C)=O)[C@@H](COC(C)=O)O[C@@H](OCC=C)[C@@H]1N1C(=O)c2ccccc2C1=O. The Balaban J connectivity index is 2.10. The van der Waals surface area contributed by atoms with Crippen LogP contribution in [-0.4, -0.2) is 85.3 Å². The van der Waals surface area contributed by atoms with E-state index in [-0.39, 0.29) is 24.3 Å². The van der Waals surface area contributed by atoms with Gasteiger partial charge in [0, 0.05) is 13.8 Å². The summed E-state index contributed by atoms with van der Waals surface area (Å²) in [5, 5.41) is 0. The van der Waals surface area contributed by atoms with E-state index in [4.69, 9.17) is 28.4 Å². The number of fused-ring (bicyclic) bond motifs is 1. The number of esters is 2. The zero-order valence-electron chi connectivity index (χ0n) is 20.3. The van der Waals surface area contributed by atoms with Crippen LogP contribution in [0.5, 0.6) is 0 Å². The molecule has 2 heterocycles. The maximum Gasteiger partial charge on any atom is 0.509 e. The lowest BCUT2D eigenvalue weighted by Gasteiger charge is -2.46. The molecule has 3 rings (SSSR count). The molecule has 5 atom stereocenters. The van der Waals surface area contributed by atoms with Gasteiger partial charge in [0.05, 0.1) is 17.7 Å². The Bertz CT molecular complexity index is 1050. The number of amides is 2. The summed E-state index contributed by atoms with van der Waals surface area (Å²) >= 11 is 0. The number of hydrogen-bond acceptors (Lipinski definition) is 11. The maximum absolute atomic E-state index is 13.4. The highest BCUT2D eigenvalue weighted by Gasteiger charge is 2.57. The first-order chi connectivity index (χ1) is 17.7. The second-order valence-electron chi connectivity index (χ2n) is 7.99. The summed E-state index contributed by atoms with van der Waals surface area (Å²) in [6.45, 7) is 8.60. The van der Waals surface area contributed by atoms with Crippen molar-refractivity contribution in [3.63, 3.8) is 0 Å². The standard InChI is InChI=1S/C25H27NO11/c1-5-11-32-24-19(26-22(29)16-9-7-8-10-17(16)23(26)30)21(37-25(31)33-12-6-2)20(35-15(4)28)18(36-24)13-34-14(3)27/h5-10,18-21,24H,1-2,11-13H2,3-4H3/t18-,19-,20-,21-,24-/m1/s1. The fourth-order valence-electron chi connectivity index (χ4n) is 4.02. The summed E-state index contributed by atoms with van der Waals surface area (Å²) in [7, 11) is 0. The molecule has 1 aromatic rings. The van der Waals surface area contributed by atoms with Crippen LogP contribution in [0.15, 0.2) is 49.6 Å². The van der Waals surface area contributed by atoms with E-state index in [2.05, 4.69) is 13.2 Å². The number of imide groups is 1. The van der Waals surface area contributed by atoms with Gasteiger partial charge in [0.15, 0.2) is 18.5 Å². The Labute approximate surface area is 212 Å². The minimum atomic E-state index is -1.53. The molecule has 0 bridgehead atoms. The molecule has 2 aliphatic rings. The fraction of sp³-hybridized carbons (Fsp3) is 0.400. The highest BCUT2D eigenvalue weighted by molar-refractivity contribution is 6.21. The lowest BCUT2D eigenvalue weighted by molar-refractivity contribution is -0.281. The van der Waals surface area contributed by atoms with E-state index in [0.29, 0.717) is 0 Å². The predicted octanol–water partition coefficient (Wildman–Crippen LogP) is 1.78. The fourth-order valence-corrected chi connectivity index (χ4v) is 4.02. The first kappa shape index (κ1) is 27.6. The van der Waals surface area contributed by atoms with Gasteiger partial charge in [-0.25, -0.2) is 4.79 Å². The van der Waals surface area contributed by atoms with Gasteiger partial charge in [-0.2, -0.15) is 0 Å². The lowest BCUT2D eigenvalue weighted by atomic mass is 9.95. The highest BCUT2D eigenvalue weighted by atomic mass is 16.7. The number of hydrogen-bond donors (Lipinski definition) is 0. The van der Waals surface area contributed by atoms with Gasteiger partial charge >= 0.3 is 18.1 Å². The molecule has 0 saturated carbocycles. The molecular weight excluding hydrogens is 490 g/mol. The van der Waals surface area contributed by atoms with Gasteiger partial charge < -0.3 is 28.4 Å². The van der Waals surface area contributed by atoms with E-state index >= 15 is 0 Å². The van der Waals surface area contributed by atoms with E-state index in [9.17, 15) is 24.0 Å². The van der Waals surface area contributed by atoms with Crippen LogP contribution >= 0.6 is 0 Å². The van der Waals surface area contributed by atoms with Crippen LogP contribution in [0.25, 0.3) is 0 Å². The molecule has 0 radical (unpaired) electrons. The van der Waals surface area contributed by atoms with Crippen molar-refractivity contribution in [2.75, 3.05) is 19.8 Å². The van der Waals surface area contributed by atoms with Gasteiger partial charge in [0.2, 0.25) is 0 Å². The van der Waals surface area contributed by atoms with Crippen molar-refractivity contribution in [2.24, 2.45) is 0 Å². The molecule has 0 N–H and O–H groups in total. The summed E-state index contributed by atoms with van der Waals surface area (Å²) in [6, 6.07) is 4.70. The predicted molar refractivity (Wildman–Crippen MR) is 124 cm³/mol. The van der Waals surface area contributed by atoms with Crippen LogP contribution in [0.3, 0.4) is 0 Å². The molecule has 37 heavy (non-hydrogen) atoms. The third-order valence-electron chi connectivity index (χ3n) is 5.42. The second-order valence-corrected chi connectivity index (χ2v) is 7.99. The summed E-state index contributed by atoms with van der Waals surface area (Å²) in [5.41, 5.74) is 0.239. The topological polar surface area (TPSA) is 144 Å². The van der Waals surface area contributed by atoms with Crippen LogP contribution in [0.2, 0.25) is 0 Å². The Hall–Kier alpha value is -4.03. The van der Waals surface area contributed by atoms with Gasteiger partial charge in [0.25, 0.3) is 11.8 Å². The summed E-state index contributed by atoms with van der Waals surface area (Å²) in [4.78, 5) is 63.6. The van der Waals surface area contributed by atoms with Gasteiger partial charge in [-0.15, -0.1) is 6.58 Å². The zero-order chi connectivity index (χ0) is 27.1. The summed E-state index contributed by atoms with van der Waals surface area (Å²) in [6.07, 6.45) is -4.06. The van der Waals surface area contributed by atoms with Crippen molar-refractivity contribution in [1.82, 2.24) is 4.90 Å². The van der Waals surface area contributed by atoms with Crippen molar-refractivity contribution >= 4 is 29.9 Å². The third-order valence-corrected chi connectivity index (χ3v) is 5.42. The largest absolute Gasteiger partial charge is 0.509 e. The first-order valence-corrected chi connectivity index (χ1v) is 11.3. The van der Waals surface area contributed by atoms with Crippen LogP contribution < -0.4 is 0 Å². The molecule has 12 nitrogen and oxygen atoms in total. The number of carbonyl (C=O) groups excluding carboxylic acids is 5. The van der Waals surface area contributed by atoms with Crippen LogP contribution in [-0.2, 0) is 38.0 Å². The molecule has 1 aromatic carbocycles. The third kappa shape index (κ3) is 6.22.